The summed E-state index contributed by atoms with van der Waals surface area (Å²) in [5, 5.41) is 2.92. The molecular weight excluding hydrogens is 319 g/mol. The highest BCUT2D eigenvalue weighted by Gasteiger charge is 2.18. The second kappa shape index (κ2) is 8.30. The summed E-state index contributed by atoms with van der Waals surface area (Å²) in [7, 11) is 2.14. The van der Waals surface area contributed by atoms with Gasteiger partial charge in [-0.15, -0.1) is 0 Å². The third kappa shape index (κ3) is 5.16. The van der Waals surface area contributed by atoms with E-state index in [-0.39, 0.29) is 11.7 Å². The van der Waals surface area contributed by atoms with Gasteiger partial charge in [-0.1, -0.05) is 0 Å². The maximum Gasteiger partial charge on any atom is 0.220 e. The van der Waals surface area contributed by atoms with Crippen LogP contribution in [0.3, 0.4) is 0 Å². The first-order valence-electron chi connectivity index (χ1n) is 8.90. The fourth-order valence-corrected chi connectivity index (χ4v) is 3.36. The standard InChI is InChI=1S/C20H25FN2O2/c1-23-12-2-3-15(14-23)4-11-20(24)22-13-18-9-10-19(25-18)16-5-7-17(21)8-6-16/h5-10,15H,2-4,11-14H2,1H3,(H,22,24). The molecule has 1 aromatic carbocycles. The molecule has 1 aromatic heterocycles. The van der Waals surface area contributed by atoms with Crippen molar-refractivity contribution < 1.29 is 13.6 Å². The first-order chi connectivity index (χ1) is 12.1. The predicted molar refractivity (Wildman–Crippen MR) is 95.4 cm³/mol. The first kappa shape index (κ1) is 17.7. The minimum Gasteiger partial charge on any atom is -0.459 e. The van der Waals surface area contributed by atoms with E-state index in [1.807, 2.05) is 12.1 Å². The summed E-state index contributed by atoms with van der Waals surface area (Å²) in [6, 6.07) is 9.85. The molecule has 1 atom stereocenters. The molecule has 1 saturated heterocycles. The lowest BCUT2D eigenvalue weighted by molar-refractivity contribution is -0.121. The van der Waals surface area contributed by atoms with Crippen molar-refractivity contribution in [2.75, 3.05) is 20.1 Å². The van der Waals surface area contributed by atoms with Crippen molar-refractivity contribution in [2.45, 2.75) is 32.2 Å². The lowest BCUT2D eigenvalue weighted by Gasteiger charge is -2.29. The summed E-state index contributed by atoms with van der Waals surface area (Å²) in [4.78, 5) is 14.4. The average molecular weight is 344 g/mol. The van der Waals surface area contributed by atoms with Crippen LogP contribution in [0.25, 0.3) is 11.3 Å². The molecule has 1 unspecified atom stereocenters. The molecule has 134 valence electrons. The van der Waals surface area contributed by atoms with Crippen LogP contribution >= 0.6 is 0 Å². The molecule has 0 radical (unpaired) electrons. The quantitative estimate of drug-likeness (QED) is 0.866. The summed E-state index contributed by atoms with van der Waals surface area (Å²) >= 11 is 0. The number of carbonyl (C=O) groups is 1. The number of benzene rings is 1. The number of hydrogen-bond donors (Lipinski definition) is 1. The molecule has 25 heavy (non-hydrogen) atoms. The zero-order valence-corrected chi connectivity index (χ0v) is 14.6. The van der Waals surface area contributed by atoms with E-state index in [0.29, 0.717) is 30.4 Å². The van der Waals surface area contributed by atoms with Crippen LogP contribution in [-0.2, 0) is 11.3 Å². The second-order valence-electron chi connectivity index (χ2n) is 6.86. The average Bonchev–Trinajstić information content (AvgIpc) is 3.08. The molecule has 2 aromatic rings. The Hall–Kier alpha value is -2.14. The Morgan fingerprint density at radius 2 is 2.08 bits per heavy atom. The number of piperidine rings is 1. The SMILES string of the molecule is CN1CCCC(CCC(=O)NCc2ccc(-c3ccc(F)cc3)o2)C1. The number of nitrogens with zero attached hydrogens (tertiary/aromatic N) is 1. The molecule has 1 aliphatic heterocycles. The molecule has 3 rings (SSSR count). The van der Waals surface area contributed by atoms with Crippen molar-refractivity contribution in [1.29, 1.82) is 0 Å². The number of rotatable bonds is 6. The summed E-state index contributed by atoms with van der Waals surface area (Å²) in [6.45, 7) is 2.63. The van der Waals surface area contributed by atoms with Gasteiger partial charge >= 0.3 is 0 Å². The van der Waals surface area contributed by atoms with Crippen molar-refractivity contribution in [1.82, 2.24) is 10.2 Å². The van der Waals surface area contributed by atoms with Crippen molar-refractivity contribution in [2.24, 2.45) is 5.92 Å². The minimum atomic E-state index is -0.271. The third-order valence-corrected chi connectivity index (χ3v) is 4.75. The van der Waals surface area contributed by atoms with E-state index >= 15 is 0 Å². The van der Waals surface area contributed by atoms with Crippen molar-refractivity contribution in [3.05, 3.63) is 48.0 Å². The Morgan fingerprint density at radius 1 is 1.28 bits per heavy atom. The number of carbonyl (C=O) groups excluding carboxylic acids is 1. The van der Waals surface area contributed by atoms with E-state index in [0.717, 1.165) is 25.1 Å². The van der Waals surface area contributed by atoms with Gasteiger partial charge in [-0.2, -0.15) is 0 Å². The minimum absolute atomic E-state index is 0.0629. The van der Waals surface area contributed by atoms with Crippen LogP contribution in [0.2, 0.25) is 0 Å². The molecule has 1 fully saturated rings. The molecule has 0 saturated carbocycles. The molecule has 4 nitrogen and oxygen atoms in total. The summed E-state index contributed by atoms with van der Waals surface area (Å²) in [5.74, 6) is 1.79. The van der Waals surface area contributed by atoms with Crippen molar-refractivity contribution in [3.8, 4) is 11.3 Å². The van der Waals surface area contributed by atoms with Gasteiger partial charge in [0.05, 0.1) is 6.54 Å². The van der Waals surface area contributed by atoms with E-state index in [1.165, 1.54) is 25.0 Å². The normalized spacial score (nSPS) is 18.2. The monoisotopic (exact) mass is 344 g/mol. The highest BCUT2D eigenvalue weighted by Crippen LogP contribution is 2.23. The van der Waals surface area contributed by atoms with Crippen LogP contribution < -0.4 is 5.32 Å². The summed E-state index contributed by atoms with van der Waals surface area (Å²) in [5.41, 5.74) is 0.820. The molecule has 0 bridgehead atoms. The van der Waals surface area contributed by atoms with Gasteiger partial charge < -0.3 is 14.6 Å². The van der Waals surface area contributed by atoms with Gasteiger partial charge in [0.25, 0.3) is 0 Å². The van der Waals surface area contributed by atoms with Gasteiger partial charge in [0.15, 0.2) is 0 Å². The lowest BCUT2D eigenvalue weighted by atomic mass is 9.93. The highest BCUT2D eigenvalue weighted by atomic mass is 19.1. The lowest BCUT2D eigenvalue weighted by Crippen LogP contribution is -2.33. The fraction of sp³-hybridized carbons (Fsp3) is 0.450. The Morgan fingerprint density at radius 3 is 2.84 bits per heavy atom. The molecule has 0 spiro atoms. The van der Waals surface area contributed by atoms with Gasteiger partial charge in [-0.25, -0.2) is 4.39 Å². The van der Waals surface area contributed by atoms with Gasteiger partial charge in [-0.05, 0) is 75.2 Å². The maximum atomic E-state index is 13.0. The highest BCUT2D eigenvalue weighted by molar-refractivity contribution is 5.75. The van der Waals surface area contributed by atoms with Gasteiger partial charge in [-0.3, -0.25) is 4.79 Å². The second-order valence-corrected chi connectivity index (χ2v) is 6.86. The zero-order chi connectivity index (χ0) is 17.6. The Kier molecular flexibility index (Phi) is 5.87. The number of halogens is 1. The molecule has 1 N–H and O–H groups in total. The van der Waals surface area contributed by atoms with Crippen LogP contribution in [0.4, 0.5) is 4.39 Å². The number of hydrogen-bond acceptors (Lipinski definition) is 3. The summed E-state index contributed by atoms with van der Waals surface area (Å²) < 4.78 is 18.7. The van der Waals surface area contributed by atoms with E-state index in [4.69, 9.17) is 4.42 Å². The Bertz CT molecular complexity index is 696. The van der Waals surface area contributed by atoms with E-state index in [2.05, 4.69) is 17.3 Å². The molecular formula is C20H25FN2O2. The number of nitrogens with one attached hydrogen (secondary N) is 1. The van der Waals surface area contributed by atoms with Crippen molar-refractivity contribution in [3.63, 3.8) is 0 Å². The van der Waals surface area contributed by atoms with Crippen LogP contribution in [-0.4, -0.2) is 30.9 Å². The maximum absolute atomic E-state index is 13.0. The van der Waals surface area contributed by atoms with Crippen LogP contribution in [0.5, 0.6) is 0 Å². The molecule has 2 heterocycles. The molecule has 5 heteroatoms. The number of amides is 1. The summed E-state index contributed by atoms with van der Waals surface area (Å²) in [6.07, 6.45) is 3.94. The van der Waals surface area contributed by atoms with Gasteiger partial charge in [0.1, 0.15) is 17.3 Å². The molecule has 1 aliphatic rings. The van der Waals surface area contributed by atoms with Gasteiger partial charge in [0.2, 0.25) is 5.91 Å². The Balaban J connectivity index is 1.44. The topological polar surface area (TPSA) is 45.5 Å². The van der Waals surface area contributed by atoms with Crippen LogP contribution in [0.1, 0.15) is 31.4 Å². The van der Waals surface area contributed by atoms with Crippen molar-refractivity contribution >= 4 is 5.91 Å². The smallest absolute Gasteiger partial charge is 0.220 e. The largest absolute Gasteiger partial charge is 0.459 e. The van der Waals surface area contributed by atoms with E-state index in [9.17, 15) is 9.18 Å². The number of furan rings is 1. The third-order valence-electron chi connectivity index (χ3n) is 4.75. The van der Waals surface area contributed by atoms with Gasteiger partial charge in [0, 0.05) is 18.5 Å². The van der Waals surface area contributed by atoms with E-state index < -0.39 is 0 Å². The predicted octanol–water partition coefficient (Wildman–Crippen LogP) is 3.82. The zero-order valence-electron chi connectivity index (χ0n) is 14.6. The molecule has 0 aliphatic carbocycles. The Labute approximate surface area is 148 Å². The first-order valence-corrected chi connectivity index (χ1v) is 8.90. The van der Waals surface area contributed by atoms with Crippen LogP contribution in [0.15, 0.2) is 40.8 Å². The van der Waals surface area contributed by atoms with Crippen LogP contribution in [0, 0.1) is 11.7 Å². The van der Waals surface area contributed by atoms with E-state index in [1.54, 1.807) is 12.1 Å². The number of likely N-dealkylation sites (tertiary alicyclic amines) is 1. The molecule has 1 amide bonds. The fourth-order valence-electron chi connectivity index (χ4n) is 3.36.